The van der Waals surface area contributed by atoms with E-state index in [-0.39, 0.29) is 17.1 Å². The van der Waals surface area contributed by atoms with Gasteiger partial charge in [0.25, 0.3) is 0 Å². The number of carbonyl (C=O) groups excluding carboxylic acids is 1. The summed E-state index contributed by atoms with van der Waals surface area (Å²) in [4.78, 5) is 11.6. The maximum Gasteiger partial charge on any atom is 0.227 e. The zero-order valence-electron chi connectivity index (χ0n) is 9.40. The molecule has 0 heterocycles. The molecule has 0 aromatic rings. The molecule has 0 aliphatic heterocycles. The van der Waals surface area contributed by atoms with Crippen LogP contribution in [0.2, 0.25) is 0 Å². The third kappa shape index (κ3) is 7.01. The van der Waals surface area contributed by atoms with Gasteiger partial charge in [-0.05, 0) is 33.9 Å². The molecule has 0 aliphatic carbocycles. The van der Waals surface area contributed by atoms with E-state index < -0.39 is 0 Å². The third-order valence-electron chi connectivity index (χ3n) is 1.59. The van der Waals surface area contributed by atoms with E-state index in [4.69, 9.17) is 0 Å². The van der Waals surface area contributed by atoms with E-state index in [1.807, 2.05) is 27.7 Å². The van der Waals surface area contributed by atoms with Crippen LogP contribution >= 0.6 is 8.58 Å². The summed E-state index contributed by atoms with van der Waals surface area (Å²) in [6, 6.07) is 0. The second-order valence-corrected chi connectivity index (χ2v) is 6.19. The molecule has 1 N–H and O–H groups in total. The zero-order chi connectivity index (χ0) is 10.5. The van der Waals surface area contributed by atoms with Crippen molar-refractivity contribution in [3.63, 3.8) is 0 Å². The van der Waals surface area contributed by atoms with Gasteiger partial charge in [0.05, 0.1) is 5.66 Å². The van der Waals surface area contributed by atoms with Gasteiger partial charge in [0.15, 0.2) is 0 Å². The monoisotopic (exact) mass is 203 g/mol. The number of carbonyl (C=O) groups is 1. The third-order valence-corrected chi connectivity index (χ3v) is 3.26. The van der Waals surface area contributed by atoms with Crippen LogP contribution in [-0.2, 0) is 4.79 Å². The number of hydrogen-bond donors (Lipinski definition) is 1. The molecule has 78 valence electrons. The molecule has 2 unspecified atom stereocenters. The number of rotatable bonds is 4. The van der Waals surface area contributed by atoms with E-state index in [0.717, 1.165) is 8.58 Å². The summed E-state index contributed by atoms with van der Waals surface area (Å²) in [5, 5.41) is 3.00. The van der Waals surface area contributed by atoms with Gasteiger partial charge in [0, 0.05) is 5.54 Å². The number of amides is 1. The Morgan fingerprint density at radius 1 is 1.46 bits per heavy atom. The Balaban J connectivity index is 3.83. The SMILES string of the molecule is CCCPC(C)C(=O)NC(C)(C)C. The molecule has 0 aliphatic rings. The molecule has 0 aromatic heterocycles. The molecule has 0 radical (unpaired) electrons. The molecule has 13 heavy (non-hydrogen) atoms. The van der Waals surface area contributed by atoms with Crippen molar-refractivity contribution in [2.45, 2.75) is 52.2 Å². The summed E-state index contributed by atoms with van der Waals surface area (Å²) >= 11 is 0. The summed E-state index contributed by atoms with van der Waals surface area (Å²) in [6.45, 7) is 10.2. The normalized spacial score (nSPS) is 14.8. The molecular weight excluding hydrogens is 181 g/mol. The van der Waals surface area contributed by atoms with Gasteiger partial charge in [-0.25, -0.2) is 0 Å². The summed E-state index contributed by atoms with van der Waals surface area (Å²) in [5.41, 5.74) is 0.0846. The highest BCUT2D eigenvalue weighted by Gasteiger charge is 2.18. The average Bonchev–Trinajstić information content (AvgIpc) is 1.96. The predicted octanol–water partition coefficient (Wildman–Crippen LogP) is 2.38. The van der Waals surface area contributed by atoms with Gasteiger partial charge in [-0.3, -0.25) is 4.79 Å². The molecular formula is C10H22NOP. The molecule has 0 bridgehead atoms. The molecule has 0 saturated carbocycles. The van der Waals surface area contributed by atoms with E-state index in [0.29, 0.717) is 0 Å². The Labute approximate surface area is 83.6 Å². The Bertz CT molecular complexity index is 163. The second kappa shape index (κ2) is 5.59. The molecule has 3 heteroatoms. The first-order valence-electron chi connectivity index (χ1n) is 4.92. The number of nitrogens with one attached hydrogen (secondary N) is 1. The number of hydrogen-bond acceptors (Lipinski definition) is 1. The lowest BCUT2D eigenvalue weighted by Gasteiger charge is -2.23. The minimum Gasteiger partial charge on any atom is -0.351 e. The highest BCUT2D eigenvalue weighted by molar-refractivity contribution is 7.40. The van der Waals surface area contributed by atoms with Gasteiger partial charge in [0.1, 0.15) is 0 Å². The van der Waals surface area contributed by atoms with Crippen LogP contribution in [0.5, 0.6) is 0 Å². The standard InChI is InChI=1S/C10H22NOP/c1-6-7-13-8(2)9(12)11-10(3,4)5/h8,13H,6-7H2,1-5H3,(H,11,12). The lowest BCUT2D eigenvalue weighted by atomic mass is 10.1. The minimum absolute atomic E-state index is 0.0952. The van der Waals surface area contributed by atoms with Crippen molar-refractivity contribution in [2.24, 2.45) is 0 Å². The van der Waals surface area contributed by atoms with Crippen LogP contribution in [0.3, 0.4) is 0 Å². The first-order chi connectivity index (χ1) is 5.87. The van der Waals surface area contributed by atoms with Gasteiger partial charge < -0.3 is 5.32 Å². The van der Waals surface area contributed by atoms with Gasteiger partial charge in [-0.1, -0.05) is 13.3 Å². The van der Waals surface area contributed by atoms with E-state index in [2.05, 4.69) is 12.2 Å². The lowest BCUT2D eigenvalue weighted by molar-refractivity contribution is -0.121. The van der Waals surface area contributed by atoms with Crippen molar-refractivity contribution in [3.8, 4) is 0 Å². The van der Waals surface area contributed by atoms with E-state index in [1.54, 1.807) is 0 Å². The summed E-state index contributed by atoms with van der Waals surface area (Å²) < 4.78 is 0. The van der Waals surface area contributed by atoms with Crippen molar-refractivity contribution in [1.82, 2.24) is 5.32 Å². The van der Waals surface area contributed by atoms with Crippen LogP contribution in [0.15, 0.2) is 0 Å². The molecule has 0 rings (SSSR count). The topological polar surface area (TPSA) is 29.1 Å². The maximum absolute atomic E-state index is 11.6. The van der Waals surface area contributed by atoms with Gasteiger partial charge in [-0.2, -0.15) is 0 Å². The molecule has 2 nitrogen and oxygen atoms in total. The molecule has 0 fully saturated rings. The molecule has 1 amide bonds. The minimum atomic E-state index is -0.0952. The molecule has 0 saturated heterocycles. The summed E-state index contributed by atoms with van der Waals surface area (Å²) in [7, 11) is 0.760. The van der Waals surface area contributed by atoms with E-state index in [1.165, 1.54) is 12.6 Å². The van der Waals surface area contributed by atoms with Crippen molar-refractivity contribution in [2.75, 3.05) is 6.16 Å². The van der Waals surface area contributed by atoms with Crippen LogP contribution in [-0.4, -0.2) is 23.3 Å². The summed E-state index contributed by atoms with van der Waals surface area (Å²) in [5.74, 6) is 0.194. The molecule has 0 aromatic carbocycles. The van der Waals surface area contributed by atoms with Crippen LogP contribution in [0, 0.1) is 0 Å². The van der Waals surface area contributed by atoms with Crippen LogP contribution in [0.4, 0.5) is 0 Å². The van der Waals surface area contributed by atoms with Crippen molar-refractivity contribution in [3.05, 3.63) is 0 Å². The highest BCUT2D eigenvalue weighted by Crippen LogP contribution is 2.20. The van der Waals surface area contributed by atoms with Crippen molar-refractivity contribution >= 4 is 14.5 Å². The smallest absolute Gasteiger partial charge is 0.227 e. The maximum atomic E-state index is 11.6. The van der Waals surface area contributed by atoms with Gasteiger partial charge in [0.2, 0.25) is 5.91 Å². The van der Waals surface area contributed by atoms with E-state index in [9.17, 15) is 4.79 Å². The van der Waals surface area contributed by atoms with Crippen LogP contribution < -0.4 is 5.32 Å². The largest absolute Gasteiger partial charge is 0.351 e. The Morgan fingerprint density at radius 2 is 2.00 bits per heavy atom. The van der Waals surface area contributed by atoms with Crippen molar-refractivity contribution in [1.29, 1.82) is 0 Å². The fourth-order valence-electron chi connectivity index (χ4n) is 0.931. The predicted molar refractivity (Wildman–Crippen MR) is 60.8 cm³/mol. The quantitative estimate of drug-likeness (QED) is 0.698. The Morgan fingerprint density at radius 3 is 2.38 bits per heavy atom. The average molecular weight is 203 g/mol. The fraction of sp³-hybridized carbons (Fsp3) is 0.900. The first kappa shape index (κ1) is 12.9. The van der Waals surface area contributed by atoms with Crippen molar-refractivity contribution < 1.29 is 4.79 Å². The Kier molecular flexibility index (Phi) is 5.55. The van der Waals surface area contributed by atoms with Gasteiger partial charge >= 0.3 is 0 Å². The highest BCUT2D eigenvalue weighted by atomic mass is 31.1. The second-order valence-electron chi connectivity index (χ2n) is 4.42. The summed E-state index contributed by atoms with van der Waals surface area (Å²) in [6.07, 6.45) is 2.34. The van der Waals surface area contributed by atoms with Crippen LogP contribution in [0.1, 0.15) is 41.0 Å². The van der Waals surface area contributed by atoms with Crippen LogP contribution in [0.25, 0.3) is 0 Å². The van der Waals surface area contributed by atoms with Gasteiger partial charge in [-0.15, -0.1) is 8.58 Å². The Hall–Kier alpha value is -0.100. The molecule has 0 spiro atoms. The zero-order valence-corrected chi connectivity index (χ0v) is 10.4. The van der Waals surface area contributed by atoms with E-state index >= 15 is 0 Å². The fourth-order valence-corrected chi connectivity index (χ4v) is 1.91. The lowest BCUT2D eigenvalue weighted by Crippen LogP contribution is -2.44. The first-order valence-corrected chi connectivity index (χ1v) is 6.20. The molecule has 2 atom stereocenters.